The third kappa shape index (κ3) is 5.14. The average Bonchev–Trinajstić information content (AvgIpc) is 3.36. The number of benzene rings is 2. The standard InChI is InChI=1S/C30H39N5O2/c1-20(33(4)22(3)36)30(37)32-27(23-10-6-5-7-11-23)16-17-34-24-14-15-25(34)19-26(18-24)35-21(2)31-28-12-8-9-13-29(28)35/h5-13,20,24-27H,14-19H2,1-4H3,(H,32,37)/t20?,24-,25+,26+,27-/m0/s1. The van der Waals surface area contributed by atoms with E-state index in [2.05, 4.69) is 58.1 Å². The number of aryl methyl sites for hydroxylation is 1. The van der Waals surface area contributed by atoms with Crippen molar-refractivity contribution in [3.63, 3.8) is 0 Å². The van der Waals surface area contributed by atoms with Crippen LogP contribution in [0.5, 0.6) is 0 Å². The summed E-state index contributed by atoms with van der Waals surface area (Å²) in [5.41, 5.74) is 3.44. The van der Waals surface area contributed by atoms with E-state index in [0.717, 1.165) is 42.7 Å². The molecule has 196 valence electrons. The van der Waals surface area contributed by atoms with E-state index in [-0.39, 0.29) is 17.9 Å². The van der Waals surface area contributed by atoms with Gasteiger partial charge < -0.3 is 14.8 Å². The number of hydrogen-bond acceptors (Lipinski definition) is 4. The second kappa shape index (κ2) is 10.7. The zero-order valence-electron chi connectivity index (χ0n) is 22.4. The maximum absolute atomic E-state index is 13.1. The van der Waals surface area contributed by atoms with Crippen molar-refractivity contribution in [2.75, 3.05) is 13.6 Å². The summed E-state index contributed by atoms with van der Waals surface area (Å²) in [7, 11) is 1.68. The summed E-state index contributed by atoms with van der Waals surface area (Å²) < 4.78 is 2.47. The Balaban J connectivity index is 1.28. The van der Waals surface area contributed by atoms with Crippen molar-refractivity contribution in [2.45, 2.75) is 83.1 Å². The van der Waals surface area contributed by atoms with E-state index in [9.17, 15) is 9.59 Å². The molecule has 2 aliphatic rings. The van der Waals surface area contributed by atoms with Gasteiger partial charge in [-0.1, -0.05) is 42.5 Å². The van der Waals surface area contributed by atoms with Gasteiger partial charge in [0, 0.05) is 38.6 Å². The monoisotopic (exact) mass is 501 g/mol. The normalized spacial score (nSPS) is 23.1. The lowest BCUT2D eigenvalue weighted by atomic mass is 9.95. The number of fused-ring (bicyclic) bond motifs is 3. The Morgan fingerprint density at radius 3 is 2.35 bits per heavy atom. The molecule has 2 saturated heterocycles. The molecule has 0 saturated carbocycles. The van der Waals surface area contributed by atoms with Gasteiger partial charge in [-0.2, -0.15) is 0 Å². The highest BCUT2D eigenvalue weighted by atomic mass is 16.2. The number of nitrogens with zero attached hydrogens (tertiary/aromatic N) is 4. The van der Waals surface area contributed by atoms with Crippen molar-refractivity contribution < 1.29 is 9.59 Å². The van der Waals surface area contributed by atoms with Crippen molar-refractivity contribution in [1.29, 1.82) is 0 Å². The molecule has 5 rings (SSSR count). The Hall–Kier alpha value is -3.19. The van der Waals surface area contributed by atoms with E-state index in [1.54, 1.807) is 14.0 Å². The van der Waals surface area contributed by atoms with E-state index in [4.69, 9.17) is 4.98 Å². The Morgan fingerprint density at radius 1 is 1.03 bits per heavy atom. The van der Waals surface area contributed by atoms with E-state index >= 15 is 0 Å². The Kier molecular flexibility index (Phi) is 7.33. The summed E-state index contributed by atoms with van der Waals surface area (Å²) in [6.07, 6.45) is 5.59. The second-order valence-electron chi connectivity index (χ2n) is 10.8. The van der Waals surface area contributed by atoms with Crippen LogP contribution in [0.15, 0.2) is 54.6 Å². The molecule has 2 aliphatic heterocycles. The number of carbonyl (C=O) groups is 2. The molecular weight excluding hydrogens is 462 g/mol. The third-order valence-electron chi connectivity index (χ3n) is 8.65. The van der Waals surface area contributed by atoms with E-state index in [1.165, 1.54) is 30.2 Å². The summed E-state index contributed by atoms with van der Waals surface area (Å²) in [4.78, 5) is 33.8. The summed E-state index contributed by atoms with van der Waals surface area (Å²) >= 11 is 0. The average molecular weight is 502 g/mol. The number of nitrogens with one attached hydrogen (secondary N) is 1. The highest BCUT2D eigenvalue weighted by Crippen LogP contribution is 2.42. The van der Waals surface area contributed by atoms with Gasteiger partial charge in [0.1, 0.15) is 11.9 Å². The van der Waals surface area contributed by atoms with Gasteiger partial charge in [0.25, 0.3) is 0 Å². The minimum absolute atomic E-state index is 0.0894. The lowest BCUT2D eigenvalue weighted by molar-refractivity contribution is -0.137. The molecule has 37 heavy (non-hydrogen) atoms. The molecule has 0 spiro atoms. The van der Waals surface area contributed by atoms with Crippen molar-refractivity contribution in [1.82, 2.24) is 24.7 Å². The maximum Gasteiger partial charge on any atom is 0.242 e. The molecule has 3 heterocycles. The van der Waals surface area contributed by atoms with Crippen LogP contribution in [0, 0.1) is 6.92 Å². The molecule has 1 N–H and O–H groups in total. The number of hydrogen-bond donors (Lipinski definition) is 1. The molecule has 1 unspecified atom stereocenters. The van der Waals surface area contributed by atoms with Crippen LogP contribution in [0.25, 0.3) is 11.0 Å². The Morgan fingerprint density at radius 2 is 1.68 bits per heavy atom. The molecule has 7 heteroatoms. The Bertz CT molecular complexity index is 1240. The fourth-order valence-electron chi connectivity index (χ4n) is 6.47. The topological polar surface area (TPSA) is 70.5 Å². The molecule has 3 aromatic rings. The fourth-order valence-corrected chi connectivity index (χ4v) is 6.47. The van der Waals surface area contributed by atoms with Gasteiger partial charge in [-0.05, 0) is 63.6 Å². The van der Waals surface area contributed by atoms with Crippen LogP contribution < -0.4 is 5.32 Å². The highest BCUT2D eigenvalue weighted by molar-refractivity contribution is 5.86. The Labute approximate surface area is 219 Å². The molecule has 5 atom stereocenters. The van der Waals surface area contributed by atoms with E-state index in [0.29, 0.717) is 18.1 Å². The number of likely N-dealkylation sites (N-methyl/N-ethyl adjacent to an activating group) is 1. The zero-order valence-corrected chi connectivity index (χ0v) is 22.4. The van der Waals surface area contributed by atoms with Gasteiger partial charge in [0.2, 0.25) is 11.8 Å². The zero-order chi connectivity index (χ0) is 26.1. The van der Waals surface area contributed by atoms with Gasteiger partial charge in [-0.15, -0.1) is 0 Å². The van der Waals surface area contributed by atoms with Crippen molar-refractivity contribution >= 4 is 22.8 Å². The van der Waals surface area contributed by atoms with Gasteiger partial charge in [-0.3, -0.25) is 14.5 Å². The quantitative estimate of drug-likeness (QED) is 0.489. The van der Waals surface area contributed by atoms with Crippen LogP contribution in [-0.2, 0) is 9.59 Å². The highest BCUT2D eigenvalue weighted by Gasteiger charge is 2.41. The predicted molar refractivity (Wildman–Crippen MR) is 146 cm³/mol. The summed E-state index contributed by atoms with van der Waals surface area (Å²) in [6, 6.07) is 19.7. The van der Waals surface area contributed by atoms with Gasteiger partial charge >= 0.3 is 0 Å². The SMILES string of the molecule is CC(=O)N(C)C(C)C(=O)N[C@@H](CCN1[C@@H]2CC[C@H]1C[C@@H](n1c(C)nc3ccccc31)C2)c1ccccc1. The number of piperidine rings is 1. The van der Waals surface area contributed by atoms with Crippen LogP contribution in [0.4, 0.5) is 0 Å². The molecular formula is C30H39N5O2. The number of rotatable bonds is 8. The van der Waals surface area contributed by atoms with Crippen LogP contribution in [0.1, 0.15) is 69.4 Å². The molecule has 2 fully saturated rings. The summed E-state index contributed by atoms with van der Waals surface area (Å²) in [5.74, 6) is 0.880. The third-order valence-corrected chi connectivity index (χ3v) is 8.65. The van der Waals surface area contributed by atoms with Gasteiger partial charge in [-0.25, -0.2) is 4.98 Å². The minimum Gasteiger partial charge on any atom is -0.347 e. The number of aromatic nitrogens is 2. The smallest absolute Gasteiger partial charge is 0.242 e. The molecule has 0 radical (unpaired) electrons. The molecule has 0 aliphatic carbocycles. The molecule has 2 amide bonds. The largest absolute Gasteiger partial charge is 0.347 e. The molecule has 7 nitrogen and oxygen atoms in total. The van der Waals surface area contributed by atoms with Crippen LogP contribution >= 0.6 is 0 Å². The van der Waals surface area contributed by atoms with Crippen LogP contribution in [-0.4, -0.2) is 62.9 Å². The van der Waals surface area contributed by atoms with Crippen LogP contribution in [0.3, 0.4) is 0 Å². The van der Waals surface area contributed by atoms with E-state index < -0.39 is 6.04 Å². The first kappa shape index (κ1) is 25.5. The van der Waals surface area contributed by atoms with Crippen molar-refractivity contribution in [2.24, 2.45) is 0 Å². The van der Waals surface area contributed by atoms with Gasteiger partial charge in [0.15, 0.2) is 0 Å². The second-order valence-corrected chi connectivity index (χ2v) is 10.8. The maximum atomic E-state index is 13.1. The molecule has 1 aromatic heterocycles. The van der Waals surface area contributed by atoms with Crippen LogP contribution in [0.2, 0.25) is 0 Å². The summed E-state index contributed by atoms with van der Waals surface area (Å²) in [6.45, 7) is 6.35. The minimum atomic E-state index is -0.510. The van der Waals surface area contributed by atoms with Crippen molar-refractivity contribution in [3.8, 4) is 0 Å². The molecule has 2 bridgehead atoms. The first-order valence-corrected chi connectivity index (χ1v) is 13.6. The van der Waals surface area contributed by atoms with Gasteiger partial charge in [0.05, 0.1) is 17.1 Å². The number of amides is 2. The number of para-hydroxylation sites is 2. The van der Waals surface area contributed by atoms with Crippen molar-refractivity contribution in [3.05, 3.63) is 66.0 Å². The molecule has 2 aromatic carbocycles. The summed E-state index contributed by atoms with van der Waals surface area (Å²) in [5, 5.41) is 3.25. The lowest BCUT2D eigenvalue weighted by Gasteiger charge is -2.40. The van der Waals surface area contributed by atoms with E-state index in [1.807, 2.05) is 18.2 Å². The first-order valence-electron chi connectivity index (χ1n) is 13.6. The fraction of sp³-hybridized carbons (Fsp3) is 0.500. The lowest BCUT2D eigenvalue weighted by Crippen LogP contribution is -2.47. The predicted octanol–water partition coefficient (Wildman–Crippen LogP) is 4.63. The number of carbonyl (C=O) groups excluding carboxylic acids is 2. The number of imidazole rings is 1. The first-order chi connectivity index (χ1) is 17.8.